The van der Waals surface area contributed by atoms with Crippen LogP contribution in [0.5, 0.6) is 0 Å². The minimum atomic E-state index is 1.27. The highest BCUT2D eigenvalue weighted by Crippen LogP contribution is 2.16. The second-order valence-electron chi connectivity index (χ2n) is 2.70. The monoisotopic (exact) mass is 378 g/mol. The Labute approximate surface area is 97.5 Å². The van der Waals surface area contributed by atoms with Crippen LogP contribution >= 0.6 is 45.2 Å². The van der Waals surface area contributed by atoms with E-state index in [1.807, 2.05) is 0 Å². The van der Waals surface area contributed by atoms with Crippen molar-refractivity contribution in [2.75, 3.05) is 0 Å². The molecular weight excluding hydrogens is 362 g/mol. The quantitative estimate of drug-likeness (QED) is 0.448. The molecule has 0 aliphatic carbocycles. The van der Waals surface area contributed by atoms with E-state index < -0.39 is 0 Å². The van der Waals surface area contributed by atoms with Crippen LogP contribution in [0, 0.1) is 0 Å². The summed E-state index contributed by atoms with van der Waals surface area (Å²) < 4.78 is 1.40. The summed E-state index contributed by atoms with van der Waals surface area (Å²) in [6, 6.07) is 0. The van der Waals surface area contributed by atoms with E-state index in [0.29, 0.717) is 0 Å². The summed E-state index contributed by atoms with van der Waals surface area (Å²) in [5.41, 5.74) is 0. The number of allylic oxidation sites excluding steroid dienone is 1. The molecule has 0 saturated carbocycles. The molecule has 11 heavy (non-hydrogen) atoms. The van der Waals surface area contributed by atoms with Crippen molar-refractivity contribution in [3.63, 3.8) is 0 Å². The van der Waals surface area contributed by atoms with Gasteiger partial charge in [-0.15, -0.1) is 0 Å². The molecule has 0 aromatic carbocycles. The predicted octanol–water partition coefficient (Wildman–Crippen LogP) is 5.06. The SMILES string of the molecule is CCCCCCCC=C(I)I. The molecule has 0 bridgehead atoms. The highest BCUT2D eigenvalue weighted by Gasteiger charge is 1.87. The van der Waals surface area contributed by atoms with Crippen LogP contribution < -0.4 is 0 Å². The third kappa shape index (κ3) is 11.2. The van der Waals surface area contributed by atoms with Crippen molar-refractivity contribution in [2.45, 2.75) is 45.4 Å². The summed E-state index contributed by atoms with van der Waals surface area (Å²) in [6.07, 6.45) is 10.5. The van der Waals surface area contributed by atoms with Crippen LogP contribution in [0.15, 0.2) is 7.66 Å². The van der Waals surface area contributed by atoms with Crippen molar-refractivity contribution in [3.05, 3.63) is 7.66 Å². The zero-order chi connectivity index (χ0) is 8.53. The lowest BCUT2D eigenvalue weighted by molar-refractivity contribution is 0.637. The molecule has 0 N–H and O–H groups in total. The number of hydrogen-bond donors (Lipinski definition) is 0. The predicted molar refractivity (Wildman–Crippen MR) is 69.5 cm³/mol. The molecule has 0 amide bonds. The molecule has 0 saturated heterocycles. The standard InChI is InChI=1S/C9H16I2/c1-2-3-4-5-6-7-8-9(10)11/h8H,2-7H2,1H3. The molecule has 0 spiro atoms. The lowest BCUT2D eigenvalue weighted by atomic mass is 10.1. The van der Waals surface area contributed by atoms with Crippen molar-refractivity contribution in [3.8, 4) is 0 Å². The summed E-state index contributed by atoms with van der Waals surface area (Å²) in [4.78, 5) is 0. The highest BCUT2D eigenvalue weighted by molar-refractivity contribution is 14.2. The van der Waals surface area contributed by atoms with Crippen molar-refractivity contribution in [2.24, 2.45) is 0 Å². The highest BCUT2D eigenvalue weighted by atomic mass is 127. The summed E-state index contributed by atoms with van der Waals surface area (Å²) in [5.74, 6) is 0. The van der Waals surface area contributed by atoms with E-state index in [0.717, 1.165) is 0 Å². The smallest absolute Gasteiger partial charge is 0.0474 e. The fraction of sp³-hybridized carbons (Fsp3) is 0.778. The zero-order valence-corrected chi connectivity index (χ0v) is 11.4. The first kappa shape index (κ1) is 12.2. The Hall–Kier alpha value is 1.20. The van der Waals surface area contributed by atoms with Gasteiger partial charge >= 0.3 is 0 Å². The molecule has 2 heteroatoms. The minimum absolute atomic E-state index is 1.27. The maximum absolute atomic E-state index is 2.36. The molecule has 0 aromatic rings. The van der Waals surface area contributed by atoms with E-state index in [1.165, 1.54) is 40.1 Å². The van der Waals surface area contributed by atoms with Crippen LogP contribution in [0.3, 0.4) is 0 Å². The molecule has 0 fully saturated rings. The van der Waals surface area contributed by atoms with Gasteiger partial charge in [0.1, 0.15) is 0 Å². The summed E-state index contributed by atoms with van der Waals surface area (Å²) >= 11 is 4.72. The first-order valence-corrected chi connectivity index (χ1v) is 6.44. The van der Waals surface area contributed by atoms with E-state index >= 15 is 0 Å². The topological polar surface area (TPSA) is 0 Å². The second kappa shape index (κ2) is 9.29. The summed E-state index contributed by atoms with van der Waals surface area (Å²) in [7, 11) is 0. The van der Waals surface area contributed by atoms with Gasteiger partial charge in [0, 0.05) is 1.59 Å². The van der Waals surface area contributed by atoms with Gasteiger partial charge in [0.05, 0.1) is 0 Å². The fourth-order valence-corrected chi connectivity index (χ4v) is 1.58. The lowest BCUT2D eigenvalue weighted by Crippen LogP contribution is -1.75. The van der Waals surface area contributed by atoms with E-state index in [2.05, 4.69) is 58.2 Å². The number of rotatable bonds is 6. The third-order valence-corrected chi connectivity index (χ3v) is 2.49. The maximum Gasteiger partial charge on any atom is 0.0474 e. The van der Waals surface area contributed by atoms with Crippen LogP contribution in [0.4, 0.5) is 0 Å². The van der Waals surface area contributed by atoms with E-state index in [9.17, 15) is 0 Å². The Morgan fingerprint density at radius 2 is 1.73 bits per heavy atom. The van der Waals surface area contributed by atoms with Gasteiger partial charge in [-0.25, -0.2) is 0 Å². The molecule has 0 unspecified atom stereocenters. The van der Waals surface area contributed by atoms with E-state index in [-0.39, 0.29) is 0 Å². The molecule has 0 atom stereocenters. The van der Waals surface area contributed by atoms with Crippen molar-refractivity contribution in [1.82, 2.24) is 0 Å². The largest absolute Gasteiger partial charge is 0.0654 e. The van der Waals surface area contributed by atoms with Crippen LogP contribution in [-0.2, 0) is 0 Å². The minimum Gasteiger partial charge on any atom is -0.0654 e. The van der Waals surface area contributed by atoms with Crippen molar-refractivity contribution < 1.29 is 0 Å². The van der Waals surface area contributed by atoms with Crippen LogP contribution in [0.25, 0.3) is 0 Å². The van der Waals surface area contributed by atoms with Gasteiger partial charge in [0.15, 0.2) is 0 Å². The fourth-order valence-electron chi connectivity index (χ4n) is 0.959. The van der Waals surface area contributed by atoms with Crippen LogP contribution in [0.2, 0.25) is 0 Å². The van der Waals surface area contributed by atoms with Gasteiger partial charge in [-0.3, -0.25) is 0 Å². The third-order valence-electron chi connectivity index (χ3n) is 1.61. The van der Waals surface area contributed by atoms with Gasteiger partial charge < -0.3 is 0 Å². The Kier molecular flexibility index (Phi) is 10.3. The van der Waals surface area contributed by atoms with Crippen molar-refractivity contribution in [1.29, 1.82) is 0 Å². The van der Waals surface area contributed by atoms with Gasteiger partial charge in [0.25, 0.3) is 0 Å². The molecule has 0 aromatic heterocycles. The molecule has 0 aliphatic rings. The number of unbranched alkanes of at least 4 members (excludes halogenated alkanes) is 5. The lowest BCUT2D eigenvalue weighted by Gasteiger charge is -1.95. The summed E-state index contributed by atoms with van der Waals surface area (Å²) in [6.45, 7) is 2.26. The molecule has 0 radical (unpaired) electrons. The summed E-state index contributed by atoms with van der Waals surface area (Å²) in [5, 5.41) is 0. The molecule has 0 aliphatic heterocycles. The number of hydrogen-bond acceptors (Lipinski definition) is 0. The van der Waals surface area contributed by atoms with Gasteiger partial charge in [-0.1, -0.05) is 38.7 Å². The Morgan fingerprint density at radius 1 is 1.09 bits per heavy atom. The maximum atomic E-state index is 2.36. The Morgan fingerprint density at radius 3 is 2.27 bits per heavy atom. The Balaban J connectivity index is 2.97. The zero-order valence-electron chi connectivity index (χ0n) is 7.08. The van der Waals surface area contributed by atoms with Gasteiger partial charge in [0.2, 0.25) is 0 Å². The molecule has 66 valence electrons. The van der Waals surface area contributed by atoms with Crippen molar-refractivity contribution >= 4 is 45.2 Å². The average molecular weight is 378 g/mol. The first-order valence-electron chi connectivity index (χ1n) is 4.28. The first-order chi connectivity index (χ1) is 5.27. The molecule has 0 rings (SSSR count). The van der Waals surface area contributed by atoms with E-state index in [1.54, 1.807) is 0 Å². The molecular formula is C9H16I2. The van der Waals surface area contributed by atoms with Gasteiger partial charge in [-0.2, -0.15) is 0 Å². The average Bonchev–Trinajstić information content (AvgIpc) is 1.96. The van der Waals surface area contributed by atoms with Crippen LogP contribution in [-0.4, -0.2) is 0 Å². The second-order valence-corrected chi connectivity index (χ2v) is 7.09. The van der Waals surface area contributed by atoms with Crippen LogP contribution in [0.1, 0.15) is 45.4 Å². The van der Waals surface area contributed by atoms with Gasteiger partial charge in [-0.05, 0) is 58.0 Å². The molecule has 0 heterocycles. The van der Waals surface area contributed by atoms with E-state index in [4.69, 9.17) is 0 Å². The number of halogens is 2. The molecule has 0 nitrogen and oxygen atoms in total. The normalized spacial score (nSPS) is 9.73. The Bertz CT molecular complexity index is 104.